The van der Waals surface area contributed by atoms with Gasteiger partial charge in [0.25, 0.3) is 0 Å². The lowest BCUT2D eigenvalue weighted by Gasteiger charge is -2.39. The summed E-state index contributed by atoms with van der Waals surface area (Å²) in [6, 6.07) is 1.77. The van der Waals surface area contributed by atoms with Gasteiger partial charge in [-0.3, -0.25) is 4.21 Å². The summed E-state index contributed by atoms with van der Waals surface area (Å²) in [5.41, 5.74) is 1.63. The Balaban J connectivity index is 1.76. The molecular formula is C17H23N3OS2. The minimum atomic E-state index is -1.02. The van der Waals surface area contributed by atoms with Crippen molar-refractivity contribution in [3.8, 4) is 0 Å². The third kappa shape index (κ3) is 3.86. The number of rotatable bonds is 4. The smallest absolute Gasteiger partial charge is 0.140 e. The highest BCUT2D eigenvalue weighted by Crippen LogP contribution is 2.47. The molecule has 1 aliphatic carbocycles. The molecule has 0 fully saturated rings. The first-order valence-electron chi connectivity index (χ1n) is 7.85. The fraction of sp³-hybridized carbons (Fsp3) is 0.588. The maximum atomic E-state index is 12.4. The number of aromatic nitrogens is 3. The summed E-state index contributed by atoms with van der Waals surface area (Å²) in [7, 11) is -1.02. The van der Waals surface area contributed by atoms with Gasteiger partial charge in [-0.05, 0) is 24.3 Å². The minimum absolute atomic E-state index is 0.150. The zero-order valence-electron chi connectivity index (χ0n) is 14.1. The van der Waals surface area contributed by atoms with Gasteiger partial charge < -0.3 is 0 Å². The van der Waals surface area contributed by atoms with Crippen LogP contribution < -0.4 is 0 Å². The van der Waals surface area contributed by atoms with Gasteiger partial charge in [0.05, 0.1) is 17.2 Å². The van der Waals surface area contributed by atoms with Crippen LogP contribution in [0.25, 0.3) is 0 Å². The Morgan fingerprint density at radius 1 is 1.17 bits per heavy atom. The fourth-order valence-electron chi connectivity index (χ4n) is 3.64. The van der Waals surface area contributed by atoms with Crippen molar-refractivity contribution >= 4 is 22.1 Å². The summed E-state index contributed by atoms with van der Waals surface area (Å²) < 4.78 is 12.4. The summed E-state index contributed by atoms with van der Waals surface area (Å²) in [6.45, 7) is 9.20. The number of hydrogen-bond donors (Lipinski definition) is 0. The lowest BCUT2D eigenvalue weighted by Crippen LogP contribution is -2.33. The number of hydrogen-bond acceptors (Lipinski definition) is 5. The molecule has 0 aromatic carbocycles. The van der Waals surface area contributed by atoms with E-state index < -0.39 is 10.8 Å². The third-order valence-corrected chi connectivity index (χ3v) is 6.94. The molecule has 23 heavy (non-hydrogen) atoms. The molecule has 2 aromatic rings. The van der Waals surface area contributed by atoms with E-state index in [4.69, 9.17) is 4.98 Å². The molecule has 1 atom stereocenters. The van der Waals surface area contributed by atoms with Crippen molar-refractivity contribution in [1.82, 2.24) is 15.0 Å². The molecule has 2 aromatic heterocycles. The molecule has 4 nitrogen and oxygen atoms in total. The van der Waals surface area contributed by atoms with Crippen LogP contribution in [-0.2, 0) is 34.1 Å². The van der Waals surface area contributed by atoms with E-state index in [1.54, 1.807) is 29.8 Å². The molecule has 0 N–H and O–H groups in total. The molecule has 0 bridgehead atoms. The Morgan fingerprint density at radius 2 is 1.87 bits per heavy atom. The quantitative estimate of drug-likeness (QED) is 0.846. The molecule has 0 amide bonds. The first-order chi connectivity index (χ1) is 10.8. The molecular weight excluding hydrogens is 326 g/mol. The van der Waals surface area contributed by atoms with Crippen molar-refractivity contribution in [3.63, 3.8) is 0 Å². The Labute approximate surface area is 144 Å². The van der Waals surface area contributed by atoms with E-state index in [1.807, 2.05) is 0 Å². The molecule has 2 heterocycles. The standard InChI is InChI=1S/C17H23N3OS2/c1-16(2)8-12-15(17(3,4)11-16)22-14(20-12)10-23(21)9-13-18-6-5-7-19-13/h5-7H,8-11H2,1-4H3. The van der Waals surface area contributed by atoms with E-state index in [2.05, 4.69) is 37.7 Å². The first-order valence-corrected chi connectivity index (χ1v) is 10.2. The lowest BCUT2D eigenvalue weighted by molar-refractivity contribution is 0.232. The van der Waals surface area contributed by atoms with Crippen LogP contribution in [0.15, 0.2) is 18.5 Å². The zero-order chi connectivity index (χ0) is 16.7. The molecule has 3 rings (SSSR count). The first kappa shape index (κ1) is 16.7. The maximum Gasteiger partial charge on any atom is 0.140 e. The highest BCUT2D eigenvalue weighted by molar-refractivity contribution is 7.83. The molecule has 0 saturated carbocycles. The zero-order valence-corrected chi connectivity index (χ0v) is 15.8. The van der Waals surface area contributed by atoms with E-state index >= 15 is 0 Å². The van der Waals surface area contributed by atoms with Crippen molar-refractivity contribution in [2.24, 2.45) is 5.41 Å². The molecule has 1 aliphatic rings. The fourth-order valence-corrected chi connectivity index (χ4v) is 6.13. The van der Waals surface area contributed by atoms with E-state index in [-0.39, 0.29) is 10.8 Å². The average Bonchev–Trinajstić information content (AvgIpc) is 2.80. The third-order valence-electron chi connectivity index (χ3n) is 4.12. The summed E-state index contributed by atoms with van der Waals surface area (Å²) in [6.07, 6.45) is 5.55. The predicted molar refractivity (Wildman–Crippen MR) is 94.8 cm³/mol. The van der Waals surface area contributed by atoms with Gasteiger partial charge in [-0.2, -0.15) is 0 Å². The molecule has 0 aliphatic heterocycles. The molecule has 0 radical (unpaired) electrons. The summed E-state index contributed by atoms with van der Waals surface area (Å²) in [5.74, 6) is 1.51. The summed E-state index contributed by atoms with van der Waals surface area (Å²) >= 11 is 1.74. The Bertz CT molecular complexity index is 723. The van der Waals surface area contributed by atoms with Gasteiger partial charge in [0, 0.05) is 33.5 Å². The van der Waals surface area contributed by atoms with Crippen molar-refractivity contribution in [1.29, 1.82) is 0 Å². The topological polar surface area (TPSA) is 55.7 Å². The van der Waals surface area contributed by atoms with Gasteiger partial charge in [-0.25, -0.2) is 15.0 Å². The Kier molecular flexibility index (Phi) is 4.40. The molecule has 124 valence electrons. The second kappa shape index (κ2) is 6.06. The van der Waals surface area contributed by atoms with Gasteiger partial charge in [0.2, 0.25) is 0 Å². The van der Waals surface area contributed by atoms with Crippen molar-refractivity contribution < 1.29 is 4.21 Å². The van der Waals surface area contributed by atoms with Crippen LogP contribution in [-0.4, -0.2) is 19.2 Å². The number of thiazole rings is 1. The SMILES string of the molecule is CC1(C)Cc2nc(CS(=O)Cc3ncccn3)sc2C(C)(C)C1. The van der Waals surface area contributed by atoms with Crippen molar-refractivity contribution in [2.75, 3.05) is 0 Å². The van der Waals surface area contributed by atoms with Crippen molar-refractivity contribution in [2.45, 2.75) is 57.5 Å². The van der Waals surface area contributed by atoms with E-state index in [1.165, 1.54) is 10.6 Å². The van der Waals surface area contributed by atoms with Crippen LogP contribution in [0.2, 0.25) is 0 Å². The van der Waals surface area contributed by atoms with Crippen LogP contribution in [0.5, 0.6) is 0 Å². The van der Waals surface area contributed by atoms with Crippen LogP contribution in [0, 0.1) is 5.41 Å². The van der Waals surface area contributed by atoms with Gasteiger partial charge in [0.15, 0.2) is 0 Å². The lowest BCUT2D eigenvalue weighted by atomic mass is 9.67. The number of fused-ring (bicyclic) bond motifs is 1. The summed E-state index contributed by atoms with van der Waals surface area (Å²) in [5, 5.41) is 0.982. The van der Waals surface area contributed by atoms with E-state index in [0.717, 1.165) is 17.8 Å². The molecule has 0 saturated heterocycles. The predicted octanol–water partition coefficient (Wildman–Crippen LogP) is 3.63. The van der Waals surface area contributed by atoms with Gasteiger partial charge in [-0.1, -0.05) is 27.7 Å². The average molecular weight is 350 g/mol. The monoisotopic (exact) mass is 349 g/mol. The molecule has 6 heteroatoms. The van der Waals surface area contributed by atoms with Gasteiger partial charge in [-0.15, -0.1) is 11.3 Å². The second-order valence-electron chi connectivity index (χ2n) is 7.68. The Morgan fingerprint density at radius 3 is 2.57 bits per heavy atom. The maximum absolute atomic E-state index is 12.4. The highest BCUT2D eigenvalue weighted by Gasteiger charge is 2.39. The molecule has 0 spiro atoms. The van der Waals surface area contributed by atoms with E-state index in [9.17, 15) is 4.21 Å². The largest absolute Gasteiger partial charge is 0.259 e. The van der Waals surface area contributed by atoms with Crippen LogP contribution >= 0.6 is 11.3 Å². The second-order valence-corrected chi connectivity index (χ2v) is 10.2. The Hall–Kier alpha value is -1.14. The van der Waals surface area contributed by atoms with Gasteiger partial charge >= 0.3 is 0 Å². The van der Waals surface area contributed by atoms with Crippen LogP contribution in [0.1, 0.15) is 55.5 Å². The van der Waals surface area contributed by atoms with Gasteiger partial charge in [0.1, 0.15) is 10.8 Å². The van der Waals surface area contributed by atoms with E-state index in [0.29, 0.717) is 17.3 Å². The van der Waals surface area contributed by atoms with Crippen molar-refractivity contribution in [3.05, 3.63) is 39.9 Å². The summed E-state index contributed by atoms with van der Waals surface area (Å²) in [4.78, 5) is 14.5. The van der Waals surface area contributed by atoms with Crippen LogP contribution in [0.4, 0.5) is 0 Å². The highest BCUT2D eigenvalue weighted by atomic mass is 32.2. The number of nitrogens with zero attached hydrogens (tertiary/aromatic N) is 3. The minimum Gasteiger partial charge on any atom is -0.259 e. The molecule has 1 unspecified atom stereocenters. The van der Waals surface area contributed by atoms with Crippen LogP contribution in [0.3, 0.4) is 0 Å². The normalized spacial score (nSPS) is 20.0.